The lowest BCUT2D eigenvalue weighted by Crippen LogP contribution is -2.63. The van der Waals surface area contributed by atoms with Crippen LogP contribution in [0.4, 0.5) is 23.8 Å². The van der Waals surface area contributed by atoms with Crippen molar-refractivity contribution >= 4 is 23.8 Å². The molecule has 2 aromatic rings. The SMILES string of the molecule is CCCCN(c1nc(CCCCC(CC)c2nc(N(CCCC)C3CC(C)(C)N(C)C(C)(C)C3)nc(N(CCCC)C3CC(C)(C)N(C)C(C)(C)C3)n2)nc(N(CCCC)C2CC(C)(C)N(C)C(C)(C)C2)n1)C1CC(C)(C)N(C)C(C)(C)C1. The molecule has 4 fully saturated rings. The van der Waals surface area contributed by atoms with Gasteiger partial charge in [-0.3, -0.25) is 19.6 Å². The van der Waals surface area contributed by atoms with E-state index in [-0.39, 0.29) is 50.2 Å². The number of hydrogen-bond donors (Lipinski definition) is 0. The average molecular weight is 1160 g/mol. The van der Waals surface area contributed by atoms with Crippen molar-refractivity contribution in [1.29, 1.82) is 0 Å². The highest BCUT2D eigenvalue weighted by molar-refractivity contribution is 5.44. The van der Waals surface area contributed by atoms with Crippen LogP contribution in [0.2, 0.25) is 0 Å². The van der Waals surface area contributed by atoms with Crippen LogP contribution in [0.15, 0.2) is 0 Å². The number of rotatable bonds is 27. The molecule has 0 amide bonds. The molecule has 83 heavy (non-hydrogen) atoms. The van der Waals surface area contributed by atoms with E-state index in [1.54, 1.807) is 0 Å². The Hall–Kier alpha value is -2.94. The van der Waals surface area contributed by atoms with Crippen LogP contribution in [0.25, 0.3) is 0 Å². The standard InChI is InChI=1S/C69H130N14/c1-26-31-39-80(52-43-62(6,7)76(22)63(8,9)44-52)58-70-56(71-59(74-58)81(40-32-27-2)53-45-64(10,11)77(23)65(12,13)46-53)38-36-35-37-51(30-5)57-72-60(82(41-33-28-3)54-47-66(14,15)78(24)67(16,17)48-54)75-61(73-57)83(42-34-29-4)55-49-68(18,19)79(25)69(20,21)50-55/h51-55H,26-50H2,1-25H3. The number of aromatic nitrogens is 6. The monoisotopic (exact) mass is 1160 g/mol. The number of nitrogens with zero attached hydrogens (tertiary/aromatic N) is 14. The third-order valence-electron chi connectivity index (χ3n) is 22.3. The minimum absolute atomic E-state index is 0.0308. The van der Waals surface area contributed by atoms with E-state index in [0.29, 0.717) is 24.2 Å². The van der Waals surface area contributed by atoms with Crippen LogP contribution in [0.5, 0.6) is 0 Å². The fourth-order valence-corrected chi connectivity index (χ4v) is 16.0. The van der Waals surface area contributed by atoms with E-state index in [4.69, 9.17) is 29.9 Å². The van der Waals surface area contributed by atoms with Gasteiger partial charge >= 0.3 is 0 Å². The highest BCUT2D eigenvalue weighted by Gasteiger charge is 2.50. The molecule has 4 saturated heterocycles. The molecule has 0 aromatic carbocycles. The Morgan fingerprint density at radius 2 is 0.590 bits per heavy atom. The van der Waals surface area contributed by atoms with E-state index < -0.39 is 0 Å². The average Bonchev–Trinajstić information content (AvgIpc) is 3.53. The minimum Gasteiger partial charge on any atom is -0.338 e. The molecule has 14 nitrogen and oxygen atoms in total. The summed E-state index contributed by atoms with van der Waals surface area (Å²) in [5.74, 6) is 5.67. The molecule has 6 heterocycles. The molecular formula is C69H130N14. The van der Waals surface area contributed by atoms with Crippen LogP contribution in [0.1, 0.15) is 291 Å². The van der Waals surface area contributed by atoms with Crippen molar-refractivity contribution < 1.29 is 0 Å². The van der Waals surface area contributed by atoms with Crippen LogP contribution in [-0.4, -0.2) is 172 Å². The summed E-state index contributed by atoms with van der Waals surface area (Å²) >= 11 is 0. The van der Waals surface area contributed by atoms with Gasteiger partial charge in [0.1, 0.15) is 11.6 Å². The lowest BCUT2D eigenvalue weighted by atomic mass is 9.77. The maximum Gasteiger partial charge on any atom is 0.230 e. The van der Waals surface area contributed by atoms with E-state index >= 15 is 0 Å². The Morgan fingerprint density at radius 3 is 0.819 bits per heavy atom. The number of anilines is 4. The van der Waals surface area contributed by atoms with Gasteiger partial charge in [0.25, 0.3) is 0 Å². The highest BCUT2D eigenvalue weighted by Crippen LogP contribution is 2.45. The van der Waals surface area contributed by atoms with Crippen LogP contribution in [0.3, 0.4) is 0 Å². The Morgan fingerprint density at radius 1 is 0.349 bits per heavy atom. The first-order valence-electron chi connectivity index (χ1n) is 34.0. The molecule has 0 saturated carbocycles. The molecule has 0 N–H and O–H groups in total. The van der Waals surface area contributed by atoms with Gasteiger partial charge in [-0.15, -0.1) is 0 Å². The van der Waals surface area contributed by atoms with Crippen molar-refractivity contribution in [3.63, 3.8) is 0 Å². The molecule has 0 radical (unpaired) electrons. The topological polar surface area (TPSA) is 103 Å². The van der Waals surface area contributed by atoms with Gasteiger partial charge in [-0.05, 0) is 235 Å². The van der Waals surface area contributed by atoms with Crippen LogP contribution >= 0.6 is 0 Å². The lowest BCUT2D eigenvalue weighted by Gasteiger charge is -2.56. The second kappa shape index (κ2) is 27.2. The smallest absolute Gasteiger partial charge is 0.230 e. The van der Waals surface area contributed by atoms with Crippen LogP contribution in [-0.2, 0) is 6.42 Å². The summed E-state index contributed by atoms with van der Waals surface area (Å²) < 4.78 is 0. The molecule has 0 aliphatic carbocycles. The van der Waals surface area contributed by atoms with Crippen molar-refractivity contribution in [3.05, 3.63) is 11.6 Å². The van der Waals surface area contributed by atoms with Gasteiger partial charge in [0.05, 0.1) is 0 Å². The molecule has 4 aliphatic heterocycles. The summed E-state index contributed by atoms with van der Waals surface area (Å²) in [5.41, 5.74) is 0.262. The van der Waals surface area contributed by atoms with E-state index in [9.17, 15) is 0 Å². The van der Waals surface area contributed by atoms with Crippen molar-refractivity contribution in [1.82, 2.24) is 49.5 Å². The largest absolute Gasteiger partial charge is 0.338 e. The van der Waals surface area contributed by atoms with Gasteiger partial charge < -0.3 is 19.6 Å². The lowest BCUT2D eigenvalue weighted by molar-refractivity contribution is -0.0136. The second-order valence-electron chi connectivity index (χ2n) is 32.2. The summed E-state index contributed by atoms with van der Waals surface area (Å²) in [5, 5.41) is 0. The zero-order chi connectivity index (χ0) is 61.9. The highest BCUT2D eigenvalue weighted by atomic mass is 15.4. The summed E-state index contributed by atoms with van der Waals surface area (Å²) in [6.07, 6.45) is 22.3. The van der Waals surface area contributed by atoms with Crippen molar-refractivity contribution in [2.75, 3.05) is 74.0 Å². The van der Waals surface area contributed by atoms with Gasteiger partial charge in [-0.25, -0.2) is 0 Å². The van der Waals surface area contributed by atoms with E-state index in [0.717, 1.165) is 196 Å². The fraction of sp³-hybridized carbons (Fsp3) is 0.913. The Labute approximate surface area is 511 Å². The molecule has 1 atom stereocenters. The van der Waals surface area contributed by atoms with Crippen molar-refractivity contribution in [2.24, 2.45) is 0 Å². The summed E-state index contributed by atoms with van der Waals surface area (Å²) in [6, 6.07) is 1.28. The summed E-state index contributed by atoms with van der Waals surface area (Å²) in [7, 11) is 9.30. The van der Waals surface area contributed by atoms with Gasteiger partial charge in [0.2, 0.25) is 23.8 Å². The van der Waals surface area contributed by atoms with Crippen LogP contribution in [0, 0.1) is 0 Å². The first-order valence-corrected chi connectivity index (χ1v) is 34.0. The van der Waals surface area contributed by atoms with E-state index in [1.165, 1.54) is 0 Å². The predicted molar refractivity (Wildman–Crippen MR) is 355 cm³/mol. The fourth-order valence-electron chi connectivity index (χ4n) is 16.0. The number of piperidine rings is 4. The Kier molecular flexibility index (Phi) is 22.7. The van der Waals surface area contributed by atoms with Crippen molar-refractivity contribution in [2.45, 2.75) is 355 Å². The van der Waals surface area contributed by atoms with Gasteiger partial charge in [-0.2, -0.15) is 29.9 Å². The summed E-state index contributed by atoms with van der Waals surface area (Å²) in [4.78, 5) is 55.0. The molecule has 0 spiro atoms. The van der Waals surface area contributed by atoms with Gasteiger partial charge in [0.15, 0.2) is 0 Å². The van der Waals surface area contributed by atoms with Crippen molar-refractivity contribution in [3.8, 4) is 0 Å². The molecule has 476 valence electrons. The van der Waals surface area contributed by atoms with Gasteiger partial charge in [-0.1, -0.05) is 66.7 Å². The van der Waals surface area contributed by atoms with E-state index in [1.807, 2.05) is 0 Å². The van der Waals surface area contributed by atoms with Crippen LogP contribution < -0.4 is 19.6 Å². The number of hydrogen-bond acceptors (Lipinski definition) is 14. The normalized spacial score (nSPS) is 23.5. The zero-order valence-electron chi connectivity index (χ0n) is 58.8. The molecule has 4 aliphatic rings. The third-order valence-corrected chi connectivity index (χ3v) is 22.3. The predicted octanol–water partition coefficient (Wildman–Crippen LogP) is 15.0. The quantitative estimate of drug-likeness (QED) is 0.0793. The number of unbranched alkanes of at least 4 members (excludes halogenated alkanes) is 5. The molecular weight excluding hydrogens is 1020 g/mol. The second-order valence-corrected chi connectivity index (χ2v) is 32.2. The first kappa shape index (κ1) is 69.2. The Bertz CT molecular complexity index is 2140. The summed E-state index contributed by atoms with van der Waals surface area (Å²) in [6.45, 7) is 54.4. The molecule has 2 aromatic heterocycles. The Balaban J connectivity index is 1.42. The van der Waals surface area contributed by atoms with Gasteiger partial charge in [0, 0.05) is 107 Å². The third kappa shape index (κ3) is 16.2. The van der Waals surface area contributed by atoms with E-state index in [2.05, 4.69) is 213 Å². The molecule has 1 unspecified atom stereocenters. The molecule has 14 heteroatoms. The maximum absolute atomic E-state index is 5.73. The number of aryl methyl sites for hydroxylation is 1. The number of likely N-dealkylation sites (tertiary alicyclic amines) is 4. The zero-order valence-corrected chi connectivity index (χ0v) is 58.8. The molecule has 6 rings (SSSR count). The maximum atomic E-state index is 5.73. The first-order chi connectivity index (χ1) is 38.5. The minimum atomic E-state index is 0.0308. The molecule has 0 bridgehead atoms.